The first kappa shape index (κ1) is 19.3. The third-order valence-electron chi connectivity index (χ3n) is 4.04. The molecule has 0 saturated carbocycles. The average molecular weight is 360 g/mol. The maximum Gasteiger partial charge on any atom is 0.196 e. The highest BCUT2D eigenvalue weighted by Crippen LogP contribution is 2.39. The summed E-state index contributed by atoms with van der Waals surface area (Å²) in [7, 11) is 3.13. The second-order valence-corrected chi connectivity index (χ2v) is 6.32. The monoisotopic (exact) mass is 360 g/mol. The van der Waals surface area contributed by atoms with Gasteiger partial charge in [-0.1, -0.05) is 44.4 Å². The lowest BCUT2D eigenvalue weighted by Crippen LogP contribution is -2.08. The normalized spacial score (nSPS) is 10.7. The van der Waals surface area contributed by atoms with Gasteiger partial charge in [-0.25, -0.2) is 0 Å². The molecule has 0 radical (unpaired) electrons. The molecule has 134 valence electrons. The summed E-state index contributed by atoms with van der Waals surface area (Å²) in [4.78, 5) is 0. The predicted molar refractivity (Wildman–Crippen MR) is 102 cm³/mol. The molecule has 0 N–H and O–H groups in total. The van der Waals surface area contributed by atoms with Crippen LogP contribution in [0.2, 0.25) is 0 Å². The van der Waals surface area contributed by atoms with E-state index in [1.807, 2.05) is 36.4 Å². The van der Waals surface area contributed by atoms with E-state index in [-0.39, 0.29) is 8.46 Å². The summed E-state index contributed by atoms with van der Waals surface area (Å²) in [5.74, 6) is 1.98. The minimum Gasteiger partial charge on any atom is -0.496 e. The Hall–Kier alpha value is -2.06. The number of rotatable bonds is 10. The van der Waals surface area contributed by atoms with Crippen LogP contribution in [0.1, 0.15) is 32.6 Å². The Kier molecular flexibility index (Phi) is 7.75. The van der Waals surface area contributed by atoms with Crippen molar-refractivity contribution in [2.24, 2.45) is 0 Å². The van der Waals surface area contributed by atoms with Gasteiger partial charge in [0.1, 0.15) is 17.2 Å². The van der Waals surface area contributed by atoms with Gasteiger partial charge in [-0.15, -0.1) is 0 Å². The summed E-state index contributed by atoms with van der Waals surface area (Å²) in [6.45, 7) is 2.80. The molecule has 5 heteroatoms. The van der Waals surface area contributed by atoms with Gasteiger partial charge in [0.15, 0.2) is 8.46 Å². The molecule has 0 saturated heterocycles. The molecule has 25 heavy (non-hydrogen) atoms. The van der Waals surface area contributed by atoms with Crippen molar-refractivity contribution in [3.63, 3.8) is 0 Å². The first-order valence-corrected chi connectivity index (χ1v) is 9.38. The van der Waals surface area contributed by atoms with E-state index in [9.17, 15) is 4.57 Å². The van der Waals surface area contributed by atoms with Crippen LogP contribution >= 0.6 is 8.46 Å². The lowest BCUT2D eigenvalue weighted by atomic mass is 10.0. The summed E-state index contributed by atoms with van der Waals surface area (Å²) in [5.41, 5.74) is 1.57. The van der Waals surface area contributed by atoms with Gasteiger partial charge in [-0.05, 0) is 24.6 Å². The van der Waals surface area contributed by atoms with Gasteiger partial charge in [-0.3, -0.25) is 4.57 Å². The third kappa shape index (κ3) is 4.73. The zero-order chi connectivity index (χ0) is 18.1. The third-order valence-corrected chi connectivity index (χ3v) is 4.69. The van der Waals surface area contributed by atoms with Crippen molar-refractivity contribution in [2.45, 2.75) is 32.6 Å². The minimum absolute atomic E-state index is 0.0938. The van der Waals surface area contributed by atoms with Gasteiger partial charge in [0.25, 0.3) is 0 Å². The van der Waals surface area contributed by atoms with Crippen molar-refractivity contribution < 1.29 is 18.8 Å². The number of hydrogen-bond acceptors (Lipinski definition) is 4. The van der Waals surface area contributed by atoms with Crippen molar-refractivity contribution in [3.8, 4) is 28.4 Å². The second-order valence-electron chi connectivity index (χ2n) is 5.69. The van der Waals surface area contributed by atoms with Crippen LogP contribution in [0.5, 0.6) is 17.2 Å². The number of benzene rings is 2. The van der Waals surface area contributed by atoms with E-state index in [0.717, 1.165) is 24.0 Å². The van der Waals surface area contributed by atoms with Gasteiger partial charge in [0, 0.05) is 5.56 Å². The topological polar surface area (TPSA) is 44.8 Å². The first-order valence-electron chi connectivity index (χ1n) is 8.57. The van der Waals surface area contributed by atoms with E-state index >= 15 is 0 Å². The van der Waals surface area contributed by atoms with Crippen LogP contribution < -0.4 is 19.5 Å². The van der Waals surface area contributed by atoms with Crippen LogP contribution in [-0.2, 0) is 4.57 Å². The highest BCUT2D eigenvalue weighted by molar-refractivity contribution is 7.35. The van der Waals surface area contributed by atoms with Crippen LogP contribution in [0.25, 0.3) is 11.1 Å². The predicted octanol–water partition coefficient (Wildman–Crippen LogP) is 5.25. The Bertz CT molecular complexity index is 678. The molecule has 4 nitrogen and oxygen atoms in total. The van der Waals surface area contributed by atoms with E-state index in [1.54, 1.807) is 14.2 Å². The highest BCUT2D eigenvalue weighted by Gasteiger charge is 2.19. The summed E-state index contributed by atoms with van der Waals surface area (Å²) in [6, 6.07) is 11.3. The maximum atomic E-state index is 11.9. The molecule has 0 bridgehead atoms. The molecule has 0 aliphatic rings. The molecule has 0 heterocycles. The largest absolute Gasteiger partial charge is 0.496 e. The van der Waals surface area contributed by atoms with E-state index < -0.39 is 0 Å². The van der Waals surface area contributed by atoms with Crippen LogP contribution in [0.15, 0.2) is 36.4 Å². The zero-order valence-corrected chi connectivity index (χ0v) is 16.0. The lowest BCUT2D eigenvalue weighted by molar-refractivity contribution is 0.307. The molecule has 2 aromatic rings. The summed E-state index contributed by atoms with van der Waals surface area (Å²) in [5, 5.41) is 0.612. The standard InChI is InChI=1S/C20H25O4P/c1-4-5-6-7-14-24-18-13-8-10-15(20(18)25-21)19-16(22-2)11-9-12-17(19)23-3/h8-13H,4-7,14H2,1-3H3. The van der Waals surface area contributed by atoms with Crippen LogP contribution in [0, 0.1) is 0 Å². The molecule has 2 rings (SSSR count). The number of unbranched alkanes of at least 4 members (excludes halogenated alkanes) is 3. The molecule has 0 unspecified atom stereocenters. The maximum absolute atomic E-state index is 11.9. The number of hydrogen-bond donors (Lipinski definition) is 0. The fraction of sp³-hybridized carbons (Fsp3) is 0.400. The highest BCUT2D eigenvalue weighted by atomic mass is 31.1. The Labute approximate surface area is 151 Å². The molecule has 0 aliphatic heterocycles. The first-order chi connectivity index (χ1) is 12.3. The van der Waals surface area contributed by atoms with Crippen LogP contribution in [0.4, 0.5) is 0 Å². The fourth-order valence-corrected chi connectivity index (χ4v) is 3.28. The van der Waals surface area contributed by atoms with Crippen molar-refractivity contribution in [3.05, 3.63) is 36.4 Å². The Morgan fingerprint density at radius 3 is 2.12 bits per heavy atom. The summed E-state index contributed by atoms with van der Waals surface area (Å²) >= 11 is 0. The van der Waals surface area contributed by atoms with E-state index in [4.69, 9.17) is 14.2 Å². The average Bonchev–Trinajstić information content (AvgIpc) is 2.66. The molecular formula is C20H25O4P. The second kappa shape index (κ2) is 10.0. The van der Waals surface area contributed by atoms with Crippen molar-refractivity contribution in [2.75, 3.05) is 20.8 Å². The van der Waals surface area contributed by atoms with E-state index in [2.05, 4.69) is 6.92 Å². The van der Waals surface area contributed by atoms with Gasteiger partial charge >= 0.3 is 0 Å². The van der Waals surface area contributed by atoms with Gasteiger partial charge in [0.2, 0.25) is 0 Å². The van der Waals surface area contributed by atoms with Crippen molar-refractivity contribution >= 4 is 13.8 Å². The van der Waals surface area contributed by atoms with E-state index in [1.165, 1.54) is 12.8 Å². The van der Waals surface area contributed by atoms with Crippen LogP contribution in [0.3, 0.4) is 0 Å². The molecule has 2 aromatic carbocycles. The summed E-state index contributed by atoms with van der Waals surface area (Å²) in [6.07, 6.45) is 4.52. The van der Waals surface area contributed by atoms with Crippen LogP contribution in [-0.4, -0.2) is 20.8 Å². The molecule has 0 spiro atoms. The van der Waals surface area contributed by atoms with Crippen molar-refractivity contribution in [1.82, 2.24) is 0 Å². The van der Waals surface area contributed by atoms with Gasteiger partial charge in [-0.2, -0.15) is 0 Å². The Morgan fingerprint density at radius 2 is 1.52 bits per heavy atom. The van der Waals surface area contributed by atoms with Crippen molar-refractivity contribution in [1.29, 1.82) is 0 Å². The Balaban J connectivity index is 2.37. The summed E-state index contributed by atoms with van der Waals surface area (Å²) < 4.78 is 28.7. The molecule has 0 aromatic heterocycles. The Morgan fingerprint density at radius 1 is 0.880 bits per heavy atom. The molecule has 0 fully saturated rings. The quantitative estimate of drug-likeness (QED) is 0.429. The molecule has 0 amide bonds. The zero-order valence-electron chi connectivity index (χ0n) is 15.1. The number of methoxy groups -OCH3 is 2. The SMILES string of the molecule is CCCCCCOc1cccc(-c2c(OC)cccc2OC)c1P=O. The van der Waals surface area contributed by atoms with Gasteiger partial charge in [0.05, 0.1) is 31.7 Å². The molecule has 0 atom stereocenters. The lowest BCUT2D eigenvalue weighted by Gasteiger charge is -2.16. The minimum atomic E-state index is -0.0938. The van der Waals surface area contributed by atoms with Gasteiger partial charge < -0.3 is 14.2 Å². The fourth-order valence-electron chi connectivity index (χ4n) is 2.76. The smallest absolute Gasteiger partial charge is 0.196 e. The molecular weight excluding hydrogens is 335 g/mol. The number of ether oxygens (including phenoxy) is 3. The van der Waals surface area contributed by atoms with E-state index in [0.29, 0.717) is 29.2 Å². The molecule has 0 aliphatic carbocycles.